The van der Waals surface area contributed by atoms with E-state index in [2.05, 4.69) is 26.1 Å². The van der Waals surface area contributed by atoms with Gasteiger partial charge in [-0.25, -0.2) is 0 Å². The molecule has 0 aliphatic rings. The van der Waals surface area contributed by atoms with Gasteiger partial charge in [0.1, 0.15) is 0 Å². The number of benzene rings is 1. The average molecular weight is 281 g/mol. The molecule has 0 saturated heterocycles. The Hall–Kier alpha value is -1.49. The van der Waals surface area contributed by atoms with Crippen molar-refractivity contribution < 1.29 is 9.32 Å². The van der Waals surface area contributed by atoms with E-state index in [0.29, 0.717) is 12.2 Å². The Morgan fingerprint density at radius 1 is 1.50 bits per heavy atom. The summed E-state index contributed by atoms with van der Waals surface area (Å²) in [6, 6.07) is 7.82. The van der Waals surface area contributed by atoms with Crippen molar-refractivity contribution in [1.82, 2.24) is 10.1 Å². The molecule has 0 aliphatic carbocycles. The van der Waals surface area contributed by atoms with Crippen LogP contribution in [0.1, 0.15) is 29.0 Å². The Kier molecular flexibility index (Phi) is 3.14. The normalized spacial score (nSPS) is 10.4. The van der Waals surface area contributed by atoms with Gasteiger partial charge >= 0.3 is 0 Å². The van der Waals surface area contributed by atoms with Crippen LogP contribution in [-0.4, -0.2) is 15.9 Å². The van der Waals surface area contributed by atoms with E-state index in [0.717, 1.165) is 10.0 Å². The highest BCUT2D eigenvalue weighted by molar-refractivity contribution is 9.10. The zero-order valence-corrected chi connectivity index (χ0v) is 10.2. The Bertz CT molecular complexity index is 522. The lowest BCUT2D eigenvalue weighted by Crippen LogP contribution is -1.94. The SMILES string of the molecule is CC(=O)c1nc(Cc2cccc(Br)c2)no1. The van der Waals surface area contributed by atoms with Crippen molar-refractivity contribution in [2.75, 3.05) is 0 Å². The van der Waals surface area contributed by atoms with Crippen molar-refractivity contribution in [1.29, 1.82) is 0 Å². The molecule has 5 heteroatoms. The first-order valence-corrected chi connectivity index (χ1v) is 5.52. The maximum atomic E-state index is 11.0. The first-order chi connectivity index (χ1) is 7.65. The molecule has 82 valence electrons. The number of halogens is 1. The standard InChI is InChI=1S/C11H9BrN2O2/c1-7(15)11-13-10(14-16-11)6-8-3-2-4-9(12)5-8/h2-5H,6H2,1H3. The van der Waals surface area contributed by atoms with Gasteiger partial charge in [-0.3, -0.25) is 4.79 Å². The van der Waals surface area contributed by atoms with Crippen LogP contribution in [0.15, 0.2) is 33.3 Å². The van der Waals surface area contributed by atoms with E-state index < -0.39 is 0 Å². The number of hydrogen-bond acceptors (Lipinski definition) is 4. The minimum absolute atomic E-state index is 0.0602. The zero-order valence-electron chi connectivity index (χ0n) is 8.61. The molecule has 0 radical (unpaired) electrons. The van der Waals surface area contributed by atoms with Crippen LogP contribution in [0.5, 0.6) is 0 Å². The highest BCUT2D eigenvalue weighted by Gasteiger charge is 2.10. The maximum Gasteiger partial charge on any atom is 0.293 e. The van der Waals surface area contributed by atoms with Crippen LogP contribution in [0, 0.1) is 0 Å². The van der Waals surface area contributed by atoms with Gasteiger partial charge in [0.15, 0.2) is 5.82 Å². The number of carbonyl (C=O) groups is 1. The van der Waals surface area contributed by atoms with Crippen molar-refractivity contribution in [2.45, 2.75) is 13.3 Å². The van der Waals surface area contributed by atoms with E-state index in [1.54, 1.807) is 0 Å². The van der Waals surface area contributed by atoms with Gasteiger partial charge in [0, 0.05) is 17.8 Å². The van der Waals surface area contributed by atoms with Gasteiger partial charge < -0.3 is 4.52 Å². The average Bonchev–Trinajstić information content (AvgIpc) is 2.66. The van der Waals surface area contributed by atoms with Crippen molar-refractivity contribution in [3.8, 4) is 0 Å². The minimum atomic E-state index is -0.215. The van der Waals surface area contributed by atoms with E-state index >= 15 is 0 Å². The Morgan fingerprint density at radius 3 is 2.94 bits per heavy atom. The molecular formula is C11H9BrN2O2. The molecule has 0 N–H and O–H groups in total. The highest BCUT2D eigenvalue weighted by Crippen LogP contribution is 2.14. The smallest absolute Gasteiger partial charge is 0.293 e. The van der Waals surface area contributed by atoms with Gasteiger partial charge in [-0.15, -0.1) is 0 Å². The molecule has 1 heterocycles. The van der Waals surface area contributed by atoms with Crippen LogP contribution < -0.4 is 0 Å². The Labute approximate surface area is 101 Å². The number of rotatable bonds is 3. The minimum Gasteiger partial charge on any atom is -0.331 e. The molecule has 2 rings (SSSR count). The molecule has 4 nitrogen and oxygen atoms in total. The number of nitrogens with zero attached hydrogens (tertiary/aromatic N) is 2. The Balaban J connectivity index is 2.17. The molecule has 0 spiro atoms. The third-order valence-electron chi connectivity index (χ3n) is 2.02. The van der Waals surface area contributed by atoms with Crippen LogP contribution in [0.2, 0.25) is 0 Å². The van der Waals surface area contributed by atoms with E-state index in [9.17, 15) is 4.79 Å². The molecule has 1 aromatic heterocycles. The maximum absolute atomic E-state index is 11.0. The fourth-order valence-electron chi connectivity index (χ4n) is 1.30. The summed E-state index contributed by atoms with van der Waals surface area (Å²) in [7, 11) is 0. The van der Waals surface area contributed by atoms with Crippen molar-refractivity contribution in [2.24, 2.45) is 0 Å². The molecule has 16 heavy (non-hydrogen) atoms. The van der Waals surface area contributed by atoms with E-state index in [-0.39, 0.29) is 11.7 Å². The van der Waals surface area contributed by atoms with Crippen LogP contribution in [0.3, 0.4) is 0 Å². The summed E-state index contributed by atoms with van der Waals surface area (Å²) in [4.78, 5) is 15.0. The third kappa shape index (κ3) is 2.55. The molecule has 0 unspecified atom stereocenters. The van der Waals surface area contributed by atoms with Gasteiger partial charge in [-0.1, -0.05) is 33.2 Å². The second-order valence-corrected chi connectivity index (χ2v) is 4.29. The second-order valence-electron chi connectivity index (χ2n) is 3.38. The van der Waals surface area contributed by atoms with Crippen molar-refractivity contribution in [3.05, 3.63) is 46.0 Å². The van der Waals surface area contributed by atoms with Crippen molar-refractivity contribution in [3.63, 3.8) is 0 Å². The number of Topliss-reactive ketones (excluding diaryl/α,β-unsaturated/α-hetero) is 1. The Morgan fingerprint density at radius 2 is 2.31 bits per heavy atom. The second kappa shape index (κ2) is 4.57. The molecule has 0 atom stereocenters. The third-order valence-corrected chi connectivity index (χ3v) is 2.51. The van der Waals surface area contributed by atoms with E-state index in [1.807, 2.05) is 24.3 Å². The van der Waals surface area contributed by atoms with Gasteiger partial charge in [0.05, 0.1) is 0 Å². The molecule has 1 aromatic carbocycles. The highest BCUT2D eigenvalue weighted by atomic mass is 79.9. The molecule has 0 aliphatic heterocycles. The van der Waals surface area contributed by atoms with Crippen LogP contribution >= 0.6 is 15.9 Å². The van der Waals surface area contributed by atoms with Crippen LogP contribution in [-0.2, 0) is 6.42 Å². The monoisotopic (exact) mass is 280 g/mol. The molecule has 0 amide bonds. The number of hydrogen-bond donors (Lipinski definition) is 0. The van der Waals surface area contributed by atoms with Crippen LogP contribution in [0.4, 0.5) is 0 Å². The summed E-state index contributed by atoms with van der Waals surface area (Å²) < 4.78 is 5.81. The number of carbonyl (C=O) groups excluding carboxylic acids is 1. The first kappa shape index (κ1) is 11.0. The van der Waals surface area contributed by atoms with Crippen molar-refractivity contribution >= 4 is 21.7 Å². The topological polar surface area (TPSA) is 56.0 Å². The predicted molar refractivity (Wildman–Crippen MR) is 61.3 cm³/mol. The molecule has 0 saturated carbocycles. The van der Waals surface area contributed by atoms with Gasteiger partial charge in [0.2, 0.25) is 5.78 Å². The summed E-state index contributed by atoms with van der Waals surface area (Å²) in [6.45, 7) is 1.40. The largest absolute Gasteiger partial charge is 0.331 e. The summed E-state index contributed by atoms with van der Waals surface area (Å²) in [6.07, 6.45) is 0.552. The number of ketones is 1. The summed E-state index contributed by atoms with van der Waals surface area (Å²) >= 11 is 3.39. The van der Waals surface area contributed by atoms with E-state index in [4.69, 9.17) is 4.52 Å². The summed E-state index contributed by atoms with van der Waals surface area (Å²) in [5.74, 6) is 0.362. The molecule has 2 aromatic rings. The zero-order chi connectivity index (χ0) is 11.5. The van der Waals surface area contributed by atoms with Gasteiger partial charge in [-0.2, -0.15) is 4.98 Å². The van der Waals surface area contributed by atoms with Gasteiger partial charge in [-0.05, 0) is 17.7 Å². The fourth-order valence-corrected chi connectivity index (χ4v) is 1.74. The summed E-state index contributed by atoms with van der Waals surface area (Å²) in [5.41, 5.74) is 1.06. The van der Waals surface area contributed by atoms with Crippen LogP contribution in [0.25, 0.3) is 0 Å². The molecular weight excluding hydrogens is 272 g/mol. The fraction of sp³-hybridized carbons (Fsp3) is 0.182. The lowest BCUT2D eigenvalue weighted by molar-refractivity contribution is 0.0972. The quantitative estimate of drug-likeness (QED) is 0.811. The van der Waals surface area contributed by atoms with E-state index in [1.165, 1.54) is 6.92 Å². The summed E-state index contributed by atoms with van der Waals surface area (Å²) in [5, 5.41) is 3.74. The number of aromatic nitrogens is 2. The molecule has 0 fully saturated rings. The molecule has 0 bridgehead atoms. The predicted octanol–water partition coefficient (Wildman–Crippen LogP) is 2.63. The first-order valence-electron chi connectivity index (χ1n) is 4.73. The lowest BCUT2D eigenvalue weighted by Gasteiger charge is -1.96. The lowest BCUT2D eigenvalue weighted by atomic mass is 10.1. The van der Waals surface area contributed by atoms with Gasteiger partial charge in [0.25, 0.3) is 5.89 Å².